The molecule has 8 unspecified atom stereocenters. The van der Waals surface area contributed by atoms with Crippen LogP contribution in [0.5, 0.6) is 0 Å². The van der Waals surface area contributed by atoms with E-state index in [9.17, 15) is 43.3 Å². The molecule has 7 N–H and O–H groups in total. The van der Waals surface area contributed by atoms with E-state index in [4.69, 9.17) is 9.47 Å². The summed E-state index contributed by atoms with van der Waals surface area (Å²) in [5, 5.41) is 55.6. The third-order valence-corrected chi connectivity index (χ3v) is 13.1. The SMILES string of the molecule is CCCCC/C=C\C/C=C\CCCCCCCCC(O)C(=O)NC(COC1OC(CO)C(O)C(OS(=O)(=O)O)C1O)C(O)CCCCCCCCCCCCCCCCCCCCCC. The minimum Gasteiger partial charge on any atom is -0.394 e. The van der Waals surface area contributed by atoms with Gasteiger partial charge in [-0.05, 0) is 44.9 Å². The fourth-order valence-electron chi connectivity index (χ4n) is 8.44. The third-order valence-electron chi connectivity index (χ3n) is 12.6. The molecule has 0 aromatic carbocycles. The van der Waals surface area contributed by atoms with E-state index in [1.807, 2.05) is 0 Å². The number of hydrogen-bond donors (Lipinski definition) is 7. The Hall–Kier alpha value is -1.46. The average molecular weight is 948 g/mol. The minimum atomic E-state index is -5.11. The Morgan fingerprint density at radius 3 is 1.49 bits per heavy atom. The summed E-state index contributed by atoms with van der Waals surface area (Å²) in [5.41, 5.74) is 0. The van der Waals surface area contributed by atoms with E-state index in [1.54, 1.807) is 0 Å². The molecule has 1 aliphatic heterocycles. The Labute approximate surface area is 395 Å². The number of carbonyl (C=O) groups is 1. The van der Waals surface area contributed by atoms with Crippen LogP contribution in [0, 0.1) is 0 Å². The normalized spacial score (nSPS) is 20.8. The lowest BCUT2D eigenvalue weighted by atomic mass is 9.99. The number of aliphatic hydroxyl groups is 5. The van der Waals surface area contributed by atoms with Crippen LogP contribution < -0.4 is 5.32 Å². The van der Waals surface area contributed by atoms with Crippen LogP contribution >= 0.6 is 0 Å². The highest BCUT2D eigenvalue weighted by molar-refractivity contribution is 7.80. The number of allylic oxidation sites excluding steroid dienone is 4. The van der Waals surface area contributed by atoms with Crippen LogP contribution in [-0.2, 0) is 28.9 Å². The summed E-state index contributed by atoms with van der Waals surface area (Å²) in [6.07, 6.45) is 36.4. The largest absolute Gasteiger partial charge is 0.397 e. The average Bonchev–Trinajstić information content (AvgIpc) is 3.28. The molecule has 384 valence electrons. The summed E-state index contributed by atoms with van der Waals surface area (Å²) in [6, 6.07) is -1.04. The first-order chi connectivity index (χ1) is 31.4. The van der Waals surface area contributed by atoms with Gasteiger partial charge in [0.2, 0.25) is 5.91 Å². The first kappa shape index (κ1) is 61.6. The maximum atomic E-state index is 13.2. The molecule has 8 atom stereocenters. The van der Waals surface area contributed by atoms with Crippen molar-refractivity contribution in [2.45, 2.75) is 281 Å². The van der Waals surface area contributed by atoms with Crippen LogP contribution in [0.1, 0.15) is 232 Å². The number of amides is 1. The van der Waals surface area contributed by atoms with Gasteiger partial charge in [0.1, 0.15) is 30.5 Å². The van der Waals surface area contributed by atoms with Gasteiger partial charge in [-0.15, -0.1) is 0 Å². The van der Waals surface area contributed by atoms with Gasteiger partial charge in [0.15, 0.2) is 6.29 Å². The lowest BCUT2D eigenvalue weighted by Crippen LogP contribution is -2.61. The summed E-state index contributed by atoms with van der Waals surface area (Å²) in [6.45, 7) is 3.27. The second kappa shape index (κ2) is 41.5. The van der Waals surface area contributed by atoms with Gasteiger partial charge in [-0.2, -0.15) is 8.42 Å². The third kappa shape index (κ3) is 33.6. The molecule has 1 fully saturated rings. The smallest absolute Gasteiger partial charge is 0.394 e. The summed E-state index contributed by atoms with van der Waals surface area (Å²) in [5.74, 6) is -0.676. The molecule has 14 heteroatoms. The van der Waals surface area contributed by atoms with Crippen molar-refractivity contribution in [1.29, 1.82) is 0 Å². The molecule has 1 amide bonds. The molecule has 0 bridgehead atoms. The molecular formula is C51H97NO12S. The number of nitrogens with one attached hydrogen (secondary N) is 1. The fraction of sp³-hybridized carbons (Fsp3) is 0.902. The summed E-state index contributed by atoms with van der Waals surface area (Å²) < 4.78 is 47.7. The Morgan fingerprint density at radius 2 is 1.03 bits per heavy atom. The van der Waals surface area contributed by atoms with Crippen LogP contribution in [-0.4, -0.2) is 107 Å². The van der Waals surface area contributed by atoms with Crippen molar-refractivity contribution in [2.75, 3.05) is 13.2 Å². The van der Waals surface area contributed by atoms with Crippen LogP contribution in [0.15, 0.2) is 24.3 Å². The van der Waals surface area contributed by atoms with Gasteiger partial charge in [-0.3, -0.25) is 9.35 Å². The molecule has 0 aliphatic carbocycles. The van der Waals surface area contributed by atoms with Crippen LogP contribution in [0.25, 0.3) is 0 Å². The van der Waals surface area contributed by atoms with Gasteiger partial charge >= 0.3 is 10.4 Å². The van der Waals surface area contributed by atoms with Crippen LogP contribution in [0.3, 0.4) is 0 Å². The molecule has 65 heavy (non-hydrogen) atoms. The van der Waals surface area contributed by atoms with Crippen molar-refractivity contribution in [3.05, 3.63) is 24.3 Å². The van der Waals surface area contributed by atoms with E-state index < -0.39 is 78.5 Å². The number of carbonyl (C=O) groups excluding carboxylic acids is 1. The number of ether oxygens (including phenoxy) is 2. The fourth-order valence-corrected chi connectivity index (χ4v) is 8.95. The molecule has 1 rings (SSSR count). The highest BCUT2D eigenvalue weighted by atomic mass is 32.3. The first-order valence-electron chi connectivity index (χ1n) is 26.3. The Bertz CT molecular complexity index is 1270. The Balaban J connectivity index is 2.48. The van der Waals surface area contributed by atoms with Crippen LogP contribution in [0.4, 0.5) is 0 Å². The van der Waals surface area contributed by atoms with E-state index in [0.29, 0.717) is 19.3 Å². The predicted octanol–water partition coefficient (Wildman–Crippen LogP) is 10.3. The van der Waals surface area contributed by atoms with Crippen molar-refractivity contribution in [3.8, 4) is 0 Å². The second-order valence-electron chi connectivity index (χ2n) is 18.6. The van der Waals surface area contributed by atoms with Gasteiger partial charge in [-0.25, -0.2) is 4.18 Å². The zero-order valence-electron chi connectivity index (χ0n) is 40.9. The van der Waals surface area contributed by atoms with Crippen LogP contribution in [0.2, 0.25) is 0 Å². The highest BCUT2D eigenvalue weighted by Crippen LogP contribution is 2.26. The van der Waals surface area contributed by atoms with Gasteiger partial charge in [0.25, 0.3) is 0 Å². The van der Waals surface area contributed by atoms with E-state index >= 15 is 0 Å². The maximum Gasteiger partial charge on any atom is 0.397 e. The second-order valence-corrected chi connectivity index (χ2v) is 19.7. The van der Waals surface area contributed by atoms with E-state index in [0.717, 1.165) is 70.6 Å². The molecule has 0 spiro atoms. The van der Waals surface area contributed by atoms with Crippen molar-refractivity contribution >= 4 is 16.3 Å². The zero-order chi connectivity index (χ0) is 47.8. The van der Waals surface area contributed by atoms with Crippen molar-refractivity contribution < 1.29 is 57.0 Å². The van der Waals surface area contributed by atoms with E-state index in [1.165, 1.54) is 122 Å². The summed E-state index contributed by atoms with van der Waals surface area (Å²) >= 11 is 0. The Morgan fingerprint density at radius 1 is 0.615 bits per heavy atom. The first-order valence-corrected chi connectivity index (χ1v) is 27.7. The molecule has 0 aromatic rings. The van der Waals surface area contributed by atoms with Gasteiger partial charge < -0.3 is 40.3 Å². The van der Waals surface area contributed by atoms with Crippen molar-refractivity contribution in [3.63, 3.8) is 0 Å². The molecule has 1 saturated heterocycles. The van der Waals surface area contributed by atoms with Gasteiger partial charge in [0, 0.05) is 0 Å². The minimum absolute atomic E-state index is 0.249. The molecule has 1 heterocycles. The van der Waals surface area contributed by atoms with E-state index in [-0.39, 0.29) is 6.42 Å². The lowest BCUT2D eigenvalue weighted by molar-refractivity contribution is -0.298. The molecule has 1 aliphatic rings. The highest BCUT2D eigenvalue weighted by Gasteiger charge is 2.48. The molecular weight excluding hydrogens is 851 g/mol. The maximum absolute atomic E-state index is 13.2. The lowest BCUT2D eigenvalue weighted by Gasteiger charge is -2.41. The van der Waals surface area contributed by atoms with Gasteiger partial charge in [-0.1, -0.05) is 212 Å². The quantitative estimate of drug-likeness (QED) is 0.0173. The Kier molecular flexibility index (Phi) is 39.3. The molecule has 0 saturated carbocycles. The molecule has 0 radical (unpaired) electrons. The van der Waals surface area contributed by atoms with Gasteiger partial charge in [0.05, 0.1) is 25.4 Å². The zero-order valence-corrected chi connectivity index (χ0v) is 41.7. The standard InChI is InChI=1S/C51H97NO12S/c1-3-5-7-9-11-13-15-17-19-21-22-23-24-26-27-29-31-33-35-37-39-44(54)43(42-62-51-48(57)49(64-65(59,60)61)47(56)46(41-53)63-51)52-50(58)45(55)40-38-36-34-32-30-28-25-20-18-16-14-12-10-8-6-4-2/h12,14,18,20,43-49,51,53-57H,3-11,13,15-17,19,21-42H2,1-2H3,(H,52,58)(H,59,60,61)/b14-12-,20-18-. The van der Waals surface area contributed by atoms with Crippen molar-refractivity contribution in [1.82, 2.24) is 5.32 Å². The number of hydrogen-bond acceptors (Lipinski definition) is 11. The summed E-state index contributed by atoms with van der Waals surface area (Å²) in [7, 11) is -5.11. The summed E-state index contributed by atoms with van der Waals surface area (Å²) in [4.78, 5) is 13.2. The molecule has 13 nitrogen and oxygen atoms in total. The van der Waals surface area contributed by atoms with Crippen molar-refractivity contribution in [2.24, 2.45) is 0 Å². The predicted molar refractivity (Wildman–Crippen MR) is 261 cm³/mol. The monoisotopic (exact) mass is 948 g/mol. The number of rotatable bonds is 45. The van der Waals surface area contributed by atoms with E-state index in [2.05, 4.69) is 47.7 Å². The number of unbranched alkanes of at least 4 members (excludes halogenated alkanes) is 28. The number of aliphatic hydroxyl groups excluding tert-OH is 5. The topological polar surface area (TPSA) is 212 Å². The molecule has 0 aromatic heterocycles.